The molecule has 134 valence electrons. The van der Waals surface area contributed by atoms with Crippen molar-refractivity contribution in [1.82, 2.24) is 24.8 Å². The number of aromatic nitrogens is 5. The fourth-order valence-corrected chi connectivity index (χ4v) is 3.84. The van der Waals surface area contributed by atoms with Crippen LogP contribution in [0.3, 0.4) is 0 Å². The van der Waals surface area contributed by atoms with Crippen molar-refractivity contribution in [3.05, 3.63) is 50.9 Å². The minimum absolute atomic E-state index is 0.0299. The predicted molar refractivity (Wildman–Crippen MR) is 86.9 cm³/mol. The molecule has 5 rings (SSSR count). The van der Waals surface area contributed by atoms with Crippen molar-refractivity contribution in [1.29, 1.82) is 0 Å². The second-order valence-electron chi connectivity index (χ2n) is 6.55. The Morgan fingerprint density at radius 1 is 1.23 bits per heavy atom. The molecular weight excluding hydrogens is 368 g/mol. The van der Waals surface area contributed by atoms with Crippen LogP contribution in [0.4, 0.5) is 8.78 Å². The molecule has 7 nitrogen and oxygen atoms in total. The maximum atomic E-state index is 13.9. The first kappa shape index (κ1) is 15.8. The molecule has 26 heavy (non-hydrogen) atoms. The van der Waals surface area contributed by atoms with Gasteiger partial charge >= 0.3 is 0 Å². The number of benzene rings is 1. The first-order valence-corrected chi connectivity index (χ1v) is 8.46. The quantitative estimate of drug-likeness (QED) is 0.693. The van der Waals surface area contributed by atoms with Gasteiger partial charge in [-0.25, -0.2) is 18.1 Å². The molecule has 3 heterocycles. The number of hydrogen-bond donors (Lipinski definition) is 0. The van der Waals surface area contributed by atoms with Crippen LogP contribution in [0.1, 0.15) is 11.6 Å². The van der Waals surface area contributed by atoms with Gasteiger partial charge < -0.3 is 4.74 Å². The molecule has 2 fully saturated rings. The molecule has 0 amide bonds. The first-order valence-electron chi connectivity index (χ1n) is 8.08. The zero-order valence-corrected chi connectivity index (χ0v) is 14.0. The number of hydrogen-bond acceptors (Lipinski definition) is 5. The van der Waals surface area contributed by atoms with E-state index < -0.39 is 17.2 Å². The molecule has 2 aliphatic rings. The smallest absolute Gasteiger partial charge is 0.298 e. The highest BCUT2D eigenvalue weighted by Crippen LogP contribution is 2.53. The van der Waals surface area contributed by atoms with Crippen molar-refractivity contribution in [2.45, 2.75) is 12.6 Å². The van der Waals surface area contributed by atoms with Crippen molar-refractivity contribution in [2.75, 3.05) is 13.2 Å². The van der Waals surface area contributed by atoms with Crippen molar-refractivity contribution in [3.8, 4) is 0 Å². The molecule has 0 N–H and O–H groups in total. The zero-order chi connectivity index (χ0) is 18.0. The highest BCUT2D eigenvalue weighted by molar-refractivity contribution is 6.33. The van der Waals surface area contributed by atoms with Gasteiger partial charge in [-0.2, -0.15) is 5.10 Å². The van der Waals surface area contributed by atoms with Gasteiger partial charge in [-0.1, -0.05) is 28.9 Å². The third-order valence-electron chi connectivity index (χ3n) is 5.06. The Morgan fingerprint density at radius 2 is 2.00 bits per heavy atom. The lowest BCUT2D eigenvalue weighted by Crippen LogP contribution is -2.26. The fourth-order valence-electron chi connectivity index (χ4n) is 3.61. The van der Waals surface area contributed by atoms with E-state index in [1.165, 1.54) is 21.5 Å². The van der Waals surface area contributed by atoms with Crippen LogP contribution in [0, 0.1) is 23.5 Å². The third-order valence-corrected chi connectivity index (χ3v) is 5.43. The molecule has 3 aromatic rings. The van der Waals surface area contributed by atoms with Gasteiger partial charge in [0, 0.05) is 17.4 Å². The second-order valence-corrected chi connectivity index (χ2v) is 6.91. The second kappa shape index (κ2) is 5.55. The van der Waals surface area contributed by atoms with Gasteiger partial charge in [-0.05, 0) is 6.07 Å². The lowest BCUT2D eigenvalue weighted by molar-refractivity contribution is 0.149. The van der Waals surface area contributed by atoms with Crippen LogP contribution in [0.2, 0.25) is 5.15 Å². The Bertz CT molecular complexity index is 1090. The van der Waals surface area contributed by atoms with Gasteiger partial charge in [0.15, 0.2) is 27.8 Å². The predicted octanol–water partition coefficient (Wildman–Crippen LogP) is 1.79. The lowest BCUT2D eigenvalue weighted by Gasteiger charge is -2.05. The number of fused-ring (bicyclic) bond motifs is 2. The number of ether oxygens (including phenoxy) is 1. The van der Waals surface area contributed by atoms with E-state index in [4.69, 9.17) is 16.3 Å². The summed E-state index contributed by atoms with van der Waals surface area (Å²) < 4.78 is 35.2. The average molecular weight is 380 g/mol. The van der Waals surface area contributed by atoms with Gasteiger partial charge in [0.05, 0.1) is 25.8 Å². The van der Waals surface area contributed by atoms with Gasteiger partial charge in [-0.15, -0.1) is 5.10 Å². The molecule has 1 saturated heterocycles. The first-order chi connectivity index (χ1) is 12.6. The van der Waals surface area contributed by atoms with Crippen molar-refractivity contribution in [3.63, 3.8) is 0 Å². The monoisotopic (exact) mass is 379 g/mol. The number of nitrogens with zero attached hydrogens (tertiary/aromatic N) is 5. The van der Waals surface area contributed by atoms with Crippen LogP contribution in [0.5, 0.6) is 0 Å². The summed E-state index contributed by atoms with van der Waals surface area (Å²) in [5.74, 6) is -1.38. The summed E-state index contributed by atoms with van der Waals surface area (Å²) in [4.78, 5) is 12.7. The Balaban J connectivity index is 1.56. The van der Waals surface area contributed by atoms with Crippen LogP contribution in [0.25, 0.3) is 11.0 Å². The SMILES string of the molecule is O=c1c2nn(Cc3cccc(F)c3F)c(Cl)c2nnn1[C@@H]1[C@@H]2COC[C@@H]21. The molecule has 0 radical (unpaired) electrons. The highest BCUT2D eigenvalue weighted by Gasteiger charge is 2.56. The molecule has 0 unspecified atom stereocenters. The molecular formula is C16H12ClF2N5O2. The van der Waals surface area contributed by atoms with Crippen molar-refractivity contribution < 1.29 is 13.5 Å². The van der Waals surface area contributed by atoms with E-state index in [0.29, 0.717) is 13.2 Å². The number of rotatable bonds is 3. The Kier molecular flexibility index (Phi) is 3.38. The van der Waals surface area contributed by atoms with Gasteiger partial charge in [0.25, 0.3) is 5.56 Å². The summed E-state index contributed by atoms with van der Waals surface area (Å²) in [5.41, 5.74) is -0.115. The van der Waals surface area contributed by atoms with Crippen LogP contribution >= 0.6 is 11.6 Å². The Morgan fingerprint density at radius 3 is 2.77 bits per heavy atom. The topological polar surface area (TPSA) is 74.8 Å². The van der Waals surface area contributed by atoms with Crippen LogP contribution in [-0.4, -0.2) is 38.0 Å². The molecule has 1 aliphatic carbocycles. The summed E-state index contributed by atoms with van der Waals surface area (Å²) in [6.07, 6.45) is 0. The van der Waals surface area contributed by atoms with Gasteiger partial charge in [-0.3, -0.25) is 4.79 Å². The summed E-state index contributed by atoms with van der Waals surface area (Å²) in [7, 11) is 0. The maximum Gasteiger partial charge on any atom is 0.298 e. The highest BCUT2D eigenvalue weighted by atomic mass is 35.5. The van der Waals surface area contributed by atoms with Crippen molar-refractivity contribution in [2.24, 2.45) is 11.8 Å². The van der Waals surface area contributed by atoms with Gasteiger partial charge in [0.1, 0.15) is 0 Å². The summed E-state index contributed by atoms with van der Waals surface area (Å²) >= 11 is 6.23. The van der Waals surface area contributed by atoms with Crippen LogP contribution in [-0.2, 0) is 11.3 Å². The van der Waals surface area contributed by atoms with E-state index in [1.807, 2.05) is 0 Å². The Hall–Kier alpha value is -2.39. The van der Waals surface area contributed by atoms with E-state index in [1.54, 1.807) is 0 Å². The maximum absolute atomic E-state index is 13.9. The van der Waals surface area contributed by atoms with Crippen molar-refractivity contribution >= 4 is 22.6 Å². The third kappa shape index (κ3) is 2.20. The molecule has 1 aliphatic heterocycles. The minimum Gasteiger partial charge on any atom is -0.381 e. The molecule has 0 spiro atoms. The normalized spacial score (nSPS) is 24.2. The van der Waals surface area contributed by atoms with Crippen LogP contribution < -0.4 is 5.56 Å². The van der Waals surface area contributed by atoms with E-state index in [-0.39, 0.29) is 46.2 Å². The molecule has 1 saturated carbocycles. The summed E-state index contributed by atoms with van der Waals surface area (Å²) in [6, 6.07) is 3.82. The average Bonchev–Trinajstić information content (AvgIpc) is 2.96. The van der Waals surface area contributed by atoms with Gasteiger partial charge in [0.2, 0.25) is 0 Å². The Labute approximate surface area is 150 Å². The molecule has 3 atom stereocenters. The standard InChI is InChI=1S/C16H12ClF2N5O2/c17-15-12-13(21-23(15)4-7-2-1-3-10(18)11(7)19)16(25)24(22-20-12)14-8-5-26-6-9(8)14/h1-3,8-9,14H,4-6H2/t8-,9+,14-. The van der Waals surface area contributed by atoms with E-state index in [0.717, 1.165) is 6.07 Å². The van der Waals surface area contributed by atoms with Crippen LogP contribution in [0.15, 0.2) is 23.0 Å². The molecule has 10 heteroatoms. The van der Waals surface area contributed by atoms with E-state index >= 15 is 0 Å². The molecule has 2 aromatic heterocycles. The molecule has 1 aromatic carbocycles. The summed E-state index contributed by atoms with van der Waals surface area (Å²) in [5, 5.41) is 12.2. The van der Waals surface area contributed by atoms with E-state index in [2.05, 4.69) is 15.4 Å². The summed E-state index contributed by atoms with van der Waals surface area (Å²) in [6.45, 7) is 1.09. The largest absolute Gasteiger partial charge is 0.381 e. The molecule has 0 bridgehead atoms. The zero-order valence-electron chi connectivity index (χ0n) is 13.3. The number of halogens is 3. The minimum atomic E-state index is -0.975. The lowest BCUT2D eigenvalue weighted by atomic mass is 10.2. The fraction of sp³-hybridized carbons (Fsp3) is 0.375. The van der Waals surface area contributed by atoms with E-state index in [9.17, 15) is 13.6 Å².